The summed E-state index contributed by atoms with van der Waals surface area (Å²) in [5.74, 6) is 2.11. The van der Waals surface area contributed by atoms with E-state index in [1.807, 2.05) is 30.0 Å². The zero-order valence-corrected chi connectivity index (χ0v) is 14.2. The molecule has 1 aromatic rings. The van der Waals surface area contributed by atoms with Crippen LogP contribution in [0.25, 0.3) is 0 Å². The van der Waals surface area contributed by atoms with E-state index in [1.54, 1.807) is 20.1 Å². The highest BCUT2D eigenvalue weighted by Gasteiger charge is 2.17. The number of amides is 1. The predicted octanol–water partition coefficient (Wildman–Crippen LogP) is 3.25. The summed E-state index contributed by atoms with van der Waals surface area (Å²) in [6.07, 6.45) is 4.83. The van der Waals surface area contributed by atoms with E-state index in [0.717, 1.165) is 11.0 Å². The third-order valence-electron chi connectivity index (χ3n) is 3.80. The number of hydrogen-bond donors (Lipinski definition) is 1. The summed E-state index contributed by atoms with van der Waals surface area (Å²) in [5, 5.41) is 3.73. The van der Waals surface area contributed by atoms with Crippen molar-refractivity contribution in [2.45, 2.75) is 44.0 Å². The molecule has 1 fully saturated rings. The maximum Gasteiger partial charge on any atom is 0.260 e. The molecule has 0 aromatic heterocycles. The summed E-state index contributed by atoms with van der Waals surface area (Å²) in [6.45, 7) is 2.45. The molecule has 1 saturated carbocycles. The Labute approximate surface area is 137 Å². The second-order valence-electron chi connectivity index (χ2n) is 5.48. The van der Waals surface area contributed by atoms with Crippen molar-refractivity contribution in [1.82, 2.24) is 5.32 Å². The molecule has 1 aliphatic rings. The number of para-hydroxylation sites is 2. The van der Waals surface area contributed by atoms with E-state index >= 15 is 0 Å². The minimum absolute atomic E-state index is 0.0853. The SMILES string of the molecule is COc1ccccc1O[C@@H](C)C(=O)NCCSC1CCCC1. The molecule has 1 aliphatic carbocycles. The average molecular weight is 323 g/mol. The molecule has 122 valence electrons. The van der Waals surface area contributed by atoms with Crippen LogP contribution in [0.3, 0.4) is 0 Å². The Morgan fingerprint density at radius 3 is 2.68 bits per heavy atom. The van der Waals surface area contributed by atoms with Gasteiger partial charge in [0.2, 0.25) is 0 Å². The first-order valence-corrected chi connectivity index (χ1v) is 8.94. The number of hydrogen-bond acceptors (Lipinski definition) is 4. The standard InChI is InChI=1S/C17H25NO3S/c1-13(21-16-10-6-5-9-15(16)20-2)17(19)18-11-12-22-14-7-3-4-8-14/h5-6,9-10,13-14H,3-4,7-8,11-12H2,1-2H3,(H,18,19)/t13-/m0/s1. The number of methoxy groups -OCH3 is 1. The van der Waals surface area contributed by atoms with Gasteiger partial charge in [0, 0.05) is 17.5 Å². The van der Waals surface area contributed by atoms with E-state index in [2.05, 4.69) is 5.32 Å². The molecular formula is C17H25NO3S. The number of nitrogens with one attached hydrogen (secondary N) is 1. The maximum atomic E-state index is 12.1. The van der Waals surface area contributed by atoms with Gasteiger partial charge in [-0.05, 0) is 31.9 Å². The minimum atomic E-state index is -0.534. The Bertz CT molecular complexity index is 475. The molecule has 0 saturated heterocycles. The maximum absolute atomic E-state index is 12.1. The van der Waals surface area contributed by atoms with Crippen LogP contribution >= 0.6 is 11.8 Å². The highest BCUT2D eigenvalue weighted by Crippen LogP contribution is 2.29. The molecule has 4 nitrogen and oxygen atoms in total. The minimum Gasteiger partial charge on any atom is -0.493 e. The van der Waals surface area contributed by atoms with Crippen molar-refractivity contribution in [3.05, 3.63) is 24.3 Å². The Kier molecular flexibility index (Phi) is 6.90. The van der Waals surface area contributed by atoms with E-state index in [1.165, 1.54) is 25.7 Å². The van der Waals surface area contributed by atoms with Crippen molar-refractivity contribution in [2.24, 2.45) is 0 Å². The molecular weight excluding hydrogens is 298 g/mol. The van der Waals surface area contributed by atoms with Crippen molar-refractivity contribution in [2.75, 3.05) is 19.4 Å². The van der Waals surface area contributed by atoms with E-state index in [4.69, 9.17) is 9.47 Å². The average Bonchev–Trinajstić information content (AvgIpc) is 3.05. The van der Waals surface area contributed by atoms with Crippen molar-refractivity contribution in [3.63, 3.8) is 0 Å². The molecule has 1 atom stereocenters. The third-order valence-corrected chi connectivity index (χ3v) is 5.18. The molecule has 1 aromatic carbocycles. The molecule has 1 amide bonds. The molecule has 1 N–H and O–H groups in total. The molecule has 0 heterocycles. The van der Waals surface area contributed by atoms with Crippen LogP contribution in [-0.2, 0) is 4.79 Å². The van der Waals surface area contributed by atoms with Crippen LogP contribution in [-0.4, -0.2) is 36.7 Å². The van der Waals surface area contributed by atoms with Gasteiger partial charge in [-0.2, -0.15) is 11.8 Å². The summed E-state index contributed by atoms with van der Waals surface area (Å²) in [5.41, 5.74) is 0. The van der Waals surface area contributed by atoms with Crippen LogP contribution in [0, 0.1) is 0 Å². The van der Waals surface area contributed by atoms with Crippen molar-refractivity contribution >= 4 is 17.7 Å². The number of rotatable bonds is 8. The third kappa shape index (κ3) is 5.13. The first-order valence-electron chi connectivity index (χ1n) is 7.89. The molecule has 22 heavy (non-hydrogen) atoms. The lowest BCUT2D eigenvalue weighted by molar-refractivity contribution is -0.127. The van der Waals surface area contributed by atoms with Crippen LogP contribution in [0.15, 0.2) is 24.3 Å². The summed E-state index contributed by atoms with van der Waals surface area (Å²) in [4.78, 5) is 12.1. The molecule has 5 heteroatoms. The zero-order chi connectivity index (χ0) is 15.8. The number of benzene rings is 1. The van der Waals surface area contributed by atoms with Crippen molar-refractivity contribution in [1.29, 1.82) is 0 Å². The molecule has 0 radical (unpaired) electrons. The van der Waals surface area contributed by atoms with Crippen LogP contribution in [0.2, 0.25) is 0 Å². The van der Waals surface area contributed by atoms with E-state index in [9.17, 15) is 4.79 Å². The lowest BCUT2D eigenvalue weighted by Gasteiger charge is -2.17. The van der Waals surface area contributed by atoms with Gasteiger partial charge in [0.1, 0.15) is 0 Å². The second-order valence-corrected chi connectivity index (χ2v) is 6.89. The topological polar surface area (TPSA) is 47.6 Å². The number of thioether (sulfide) groups is 1. The smallest absolute Gasteiger partial charge is 0.260 e. The summed E-state index contributed by atoms with van der Waals surface area (Å²) < 4.78 is 10.9. The zero-order valence-electron chi connectivity index (χ0n) is 13.3. The van der Waals surface area contributed by atoms with Gasteiger partial charge in [0.05, 0.1) is 7.11 Å². The summed E-state index contributed by atoms with van der Waals surface area (Å²) >= 11 is 1.97. The van der Waals surface area contributed by atoms with Crippen LogP contribution in [0.4, 0.5) is 0 Å². The lowest BCUT2D eigenvalue weighted by atomic mass is 10.3. The van der Waals surface area contributed by atoms with Crippen molar-refractivity contribution < 1.29 is 14.3 Å². The van der Waals surface area contributed by atoms with Crippen molar-refractivity contribution in [3.8, 4) is 11.5 Å². The van der Waals surface area contributed by atoms with Gasteiger partial charge >= 0.3 is 0 Å². The quantitative estimate of drug-likeness (QED) is 0.746. The fourth-order valence-electron chi connectivity index (χ4n) is 2.56. The summed E-state index contributed by atoms with van der Waals surface area (Å²) in [7, 11) is 1.59. The predicted molar refractivity (Wildman–Crippen MR) is 90.8 cm³/mol. The highest BCUT2D eigenvalue weighted by molar-refractivity contribution is 7.99. The second kappa shape index (κ2) is 8.93. The number of ether oxygens (including phenoxy) is 2. The van der Waals surface area contributed by atoms with Gasteiger partial charge in [-0.3, -0.25) is 4.79 Å². The van der Waals surface area contributed by atoms with E-state index in [-0.39, 0.29) is 5.91 Å². The van der Waals surface area contributed by atoms with E-state index < -0.39 is 6.10 Å². The Hall–Kier alpha value is -1.36. The van der Waals surface area contributed by atoms with E-state index in [0.29, 0.717) is 18.0 Å². The van der Waals surface area contributed by atoms with Gasteiger partial charge < -0.3 is 14.8 Å². The van der Waals surface area contributed by atoms with Gasteiger partial charge in [0.15, 0.2) is 17.6 Å². The number of carbonyl (C=O) groups is 1. The normalized spacial score (nSPS) is 16.3. The Morgan fingerprint density at radius 1 is 1.32 bits per heavy atom. The summed E-state index contributed by atoms with van der Waals surface area (Å²) in [6, 6.07) is 7.36. The monoisotopic (exact) mass is 323 g/mol. The molecule has 0 aliphatic heterocycles. The first kappa shape index (κ1) is 17.0. The fraction of sp³-hybridized carbons (Fsp3) is 0.588. The molecule has 0 unspecified atom stereocenters. The van der Waals surface area contributed by atoms with Crippen LogP contribution < -0.4 is 14.8 Å². The molecule has 2 rings (SSSR count). The fourth-order valence-corrected chi connectivity index (χ4v) is 3.78. The Balaban J connectivity index is 1.70. The van der Waals surface area contributed by atoms with Gasteiger partial charge in [-0.25, -0.2) is 0 Å². The molecule has 0 bridgehead atoms. The highest BCUT2D eigenvalue weighted by atomic mass is 32.2. The van der Waals surface area contributed by atoms with Crippen LogP contribution in [0.5, 0.6) is 11.5 Å². The first-order chi connectivity index (χ1) is 10.7. The number of carbonyl (C=O) groups excluding carboxylic acids is 1. The van der Waals surface area contributed by atoms with Crippen LogP contribution in [0.1, 0.15) is 32.6 Å². The lowest BCUT2D eigenvalue weighted by Crippen LogP contribution is -2.37. The van der Waals surface area contributed by atoms with Gasteiger partial charge in [-0.1, -0.05) is 25.0 Å². The van der Waals surface area contributed by atoms with Gasteiger partial charge in [-0.15, -0.1) is 0 Å². The largest absolute Gasteiger partial charge is 0.493 e. The molecule has 0 spiro atoms. The Morgan fingerprint density at radius 2 is 2.00 bits per heavy atom. The van der Waals surface area contributed by atoms with Gasteiger partial charge in [0.25, 0.3) is 5.91 Å².